The molecule has 0 radical (unpaired) electrons. The highest BCUT2D eigenvalue weighted by atomic mass is 16.7. The molecule has 0 spiro atoms. The standard InChI is InChI=1S/C11H14O2/c1-9(11-12-7-8-13-11)10-5-3-2-4-6-10/h2-6,9,11H,7-8H2,1H3/t9-/m0/s1. The monoisotopic (exact) mass is 178 g/mol. The number of rotatable bonds is 2. The average molecular weight is 178 g/mol. The summed E-state index contributed by atoms with van der Waals surface area (Å²) in [6.07, 6.45) is -0.0533. The Kier molecular flexibility index (Phi) is 2.62. The van der Waals surface area contributed by atoms with Crippen LogP contribution in [0.25, 0.3) is 0 Å². The van der Waals surface area contributed by atoms with E-state index < -0.39 is 0 Å². The van der Waals surface area contributed by atoms with Crippen LogP contribution >= 0.6 is 0 Å². The molecule has 2 heteroatoms. The summed E-state index contributed by atoms with van der Waals surface area (Å²) in [7, 11) is 0. The molecular formula is C11H14O2. The van der Waals surface area contributed by atoms with Crippen molar-refractivity contribution in [1.29, 1.82) is 0 Å². The van der Waals surface area contributed by atoms with Gasteiger partial charge in [0.1, 0.15) is 0 Å². The van der Waals surface area contributed by atoms with Gasteiger partial charge in [-0.25, -0.2) is 0 Å². The van der Waals surface area contributed by atoms with E-state index in [1.807, 2.05) is 18.2 Å². The van der Waals surface area contributed by atoms with Crippen molar-refractivity contribution in [2.45, 2.75) is 19.1 Å². The van der Waals surface area contributed by atoms with E-state index in [4.69, 9.17) is 9.47 Å². The van der Waals surface area contributed by atoms with Gasteiger partial charge in [-0.1, -0.05) is 37.3 Å². The molecule has 70 valence electrons. The smallest absolute Gasteiger partial charge is 0.164 e. The molecule has 1 aliphatic rings. The predicted octanol–water partition coefficient (Wildman–Crippen LogP) is 2.16. The van der Waals surface area contributed by atoms with Crippen molar-refractivity contribution in [2.24, 2.45) is 0 Å². The van der Waals surface area contributed by atoms with Crippen LogP contribution in [0, 0.1) is 0 Å². The van der Waals surface area contributed by atoms with Crippen LogP contribution in [0.15, 0.2) is 30.3 Å². The van der Waals surface area contributed by atoms with Gasteiger partial charge < -0.3 is 9.47 Å². The largest absolute Gasteiger partial charge is 0.350 e. The Hall–Kier alpha value is -0.860. The lowest BCUT2D eigenvalue weighted by atomic mass is 10.0. The quantitative estimate of drug-likeness (QED) is 0.691. The molecule has 1 fully saturated rings. The Morgan fingerprint density at radius 3 is 2.38 bits per heavy atom. The topological polar surface area (TPSA) is 18.5 Å². The average Bonchev–Trinajstić information content (AvgIpc) is 2.71. The summed E-state index contributed by atoms with van der Waals surface area (Å²) in [6, 6.07) is 10.3. The molecule has 0 unspecified atom stereocenters. The minimum atomic E-state index is -0.0533. The van der Waals surface area contributed by atoms with Gasteiger partial charge in [-0.2, -0.15) is 0 Å². The van der Waals surface area contributed by atoms with Crippen LogP contribution in [0.5, 0.6) is 0 Å². The maximum atomic E-state index is 5.45. The normalized spacial score (nSPS) is 20.4. The van der Waals surface area contributed by atoms with Gasteiger partial charge in [0.25, 0.3) is 0 Å². The molecule has 0 aliphatic carbocycles. The first-order chi connectivity index (χ1) is 6.38. The van der Waals surface area contributed by atoms with Gasteiger partial charge >= 0.3 is 0 Å². The van der Waals surface area contributed by atoms with Gasteiger partial charge in [0.15, 0.2) is 6.29 Å². The maximum Gasteiger partial charge on any atom is 0.164 e. The fourth-order valence-corrected chi connectivity index (χ4v) is 1.58. The molecule has 0 amide bonds. The fraction of sp³-hybridized carbons (Fsp3) is 0.455. The van der Waals surface area contributed by atoms with E-state index in [1.165, 1.54) is 5.56 Å². The lowest BCUT2D eigenvalue weighted by Gasteiger charge is -2.17. The van der Waals surface area contributed by atoms with Gasteiger partial charge in [0.2, 0.25) is 0 Å². The van der Waals surface area contributed by atoms with Crippen molar-refractivity contribution in [3.05, 3.63) is 35.9 Å². The van der Waals surface area contributed by atoms with E-state index >= 15 is 0 Å². The highest BCUT2D eigenvalue weighted by Gasteiger charge is 2.23. The van der Waals surface area contributed by atoms with E-state index in [1.54, 1.807) is 0 Å². The number of hydrogen-bond donors (Lipinski definition) is 0. The highest BCUT2D eigenvalue weighted by molar-refractivity contribution is 5.19. The predicted molar refractivity (Wildman–Crippen MR) is 50.5 cm³/mol. The Balaban J connectivity index is 2.08. The van der Waals surface area contributed by atoms with Crippen molar-refractivity contribution in [3.63, 3.8) is 0 Å². The molecule has 1 atom stereocenters. The van der Waals surface area contributed by atoms with Crippen LogP contribution in [0.3, 0.4) is 0 Å². The summed E-state index contributed by atoms with van der Waals surface area (Å²) >= 11 is 0. The molecule has 1 saturated heterocycles. The molecule has 1 aromatic rings. The summed E-state index contributed by atoms with van der Waals surface area (Å²) in [4.78, 5) is 0. The van der Waals surface area contributed by atoms with Crippen LogP contribution in [0.4, 0.5) is 0 Å². The molecule has 1 heterocycles. The third kappa shape index (κ3) is 1.90. The summed E-state index contributed by atoms with van der Waals surface area (Å²) < 4.78 is 10.9. The second-order valence-corrected chi connectivity index (χ2v) is 3.31. The Morgan fingerprint density at radius 2 is 1.77 bits per heavy atom. The molecule has 0 N–H and O–H groups in total. The minimum Gasteiger partial charge on any atom is -0.350 e. The number of benzene rings is 1. The van der Waals surface area contributed by atoms with E-state index in [0.29, 0.717) is 5.92 Å². The first kappa shape index (κ1) is 8.73. The Bertz CT molecular complexity index is 252. The highest BCUT2D eigenvalue weighted by Crippen LogP contribution is 2.24. The summed E-state index contributed by atoms with van der Waals surface area (Å²) in [5, 5.41) is 0. The zero-order valence-corrected chi connectivity index (χ0v) is 7.77. The van der Waals surface area contributed by atoms with E-state index in [-0.39, 0.29) is 6.29 Å². The van der Waals surface area contributed by atoms with Gasteiger partial charge in [0.05, 0.1) is 13.2 Å². The van der Waals surface area contributed by atoms with Crippen molar-refractivity contribution in [1.82, 2.24) is 0 Å². The third-order valence-corrected chi connectivity index (χ3v) is 2.38. The summed E-state index contributed by atoms with van der Waals surface area (Å²) in [5.41, 5.74) is 1.27. The maximum absolute atomic E-state index is 5.45. The van der Waals surface area contributed by atoms with Crippen LogP contribution in [0.1, 0.15) is 18.4 Å². The first-order valence-electron chi connectivity index (χ1n) is 4.66. The van der Waals surface area contributed by atoms with Gasteiger partial charge in [-0.05, 0) is 5.56 Å². The molecular weight excluding hydrogens is 164 g/mol. The molecule has 0 saturated carbocycles. The number of hydrogen-bond acceptors (Lipinski definition) is 2. The molecule has 2 nitrogen and oxygen atoms in total. The lowest BCUT2D eigenvalue weighted by Crippen LogP contribution is -2.16. The number of ether oxygens (including phenoxy) is 2. The lowest BCUT2D eigenvalue weighted by molar-refractivity contribution is -0.0570. The molecule has 0 aromatic heterocycles. The van der Waals surface area contributed by atoms with Gasteiger partial charge in [0, 0.05) is 5.92 Å². The summed E-state index contributed by atoms with van der Waals surface area (Å²) in [5.74, 6) is 0.323. The molecule has 0 bridgehead atoms. The Labute approximate surface area is 78.5 Å². The zero-order chi connectivity index (χ0) is 9.10. The van der Waals surface area contributed by atoms with Gasteiger partial charge in [-0.3, -0.25) is 0 Å². The van der Waals surface area contributed by atoms with Crippen LogP contribution in [-0.4, -0.2) is 19.5 Å². The minimum absolute atomic E-state index is 0.0533. The first-order valence-corrected chi connectivity index (χ1v) is 4.66. The van der Waals surface area contributed by atoms with Gasteiger partial charge in [-0.15, -0.1) is 0 Å². The van der Waals surface area contributed by atoms with Crippen molar-refractivity contribution in [2.75, 3.05) is 13.2 Å². The van der Waals surface area contributed by atoms with Crippen LogP contribution in [-0.2, 0) is 9.47 Å². The second kappa shape index (κ2) is 3.90. The fourth-order valence-electron chi connectivity index (χ4n) is 1.58. The Morgan fingerprint density at radius 1 is 1.15 bits per heavy atom. The van der Waals surface area contributed by atoms with E-state index in [0.717, 1.165) is 13.2 Å². The van der Waals surface area contributed by atoms with E-state index in [9.17, 15) is 0 Å². The second-order valence-electron chi connectivity index (χ2n) is 3.31. The molecule has 2 rings (SSSR count). The molecule has 1 aromatic carbocycles. The molecule has 1 aliphatic heterocycles. The van der Waals surface area contributed by atoms with Crippen molar-refractivity contribution < 1.29 is 9.47 Å². The van der Waals surface area contributed by atoms with E-state index in [2.05, 4.69) is 19.1 Å². The third-order valence-electron chi connectivity index (χ3n) is 2.38. The van der Waals surface area contributed by atoms with Crippen LogP contribution in [0.2, 0.25) is 0 Å². The van der Waals surface area contributed by atoms with Crippen LogP contribution < -0.4 is 0 Å². The summed E-state index contributed by atoms with van der Waals surface area (Å²) in [6.45, 7) is 3.58. The van der Waals surface area contributed by atoms with Crippen molar-refractivity contribution in [3.8, 4) is 0 Å². The van der Waals surface area contributed by atoms with Crippen molar-refractivity contribution >= 4 is 0 Å². The SMILES string of the molecule is C[C@@H](c1ccccc1)C1OCCO1. The molecule has 13 heavy (non-hydrogen) atoms. The zero-order valence-electron chi connectivity index (χ0n) is 7.77.